The SMILES string of the molecule is CC.CC.CC.CC1(C)CNC(=O)N1. The van der Waals surface area contributed by atoms with Crippen molar-refractivity contribution in [3.63, 3.8) is 0 Å². The van der Waals surface area contributed by atoms with Crippen LogP contribution in [0, 0.1) is 0 Å². The summed E-state index contributed by atoms with van der Waals surface area (Å²) in [5, 5.41) is 5.40. The van der Waals surface area contributed by atoms with Crippen LogP contribution in [-0.2, 0) is 0 Å². The van der Waals surface area contributed by atoms with E-state index in [0.717, 1.165) is 6.54 Å². The molecule has 3 nitrogen and oxygen atoms in total. The number of nitrogens with one attached hydrogen (secondary N) is 2. The van der Waals surface area contributed by atoms with Crippen LogP contribution in [0.3, 0.4) is 0 Å². The molecule has 88 valence electrons. The van der Waals surface area contributed by atoms with Gasteiger partial charge in [0.1, 0.15) is 0 Å². The molecule has 0 aliphatic carbocycles. The van der Waals surface area contributed by atoms with Crippen LogP contribution in [0.1, 0.15) is 55.4 Å². The summed E-state index contributed by atoms with van der Waals surface area (Å²) in [6.45, 7) is 16.7. The second-order valence-electron chi connectivity index (χ2n) is 2.69. The maximum absolute atomic E-state index is 10.4. The topological polar surface area (TPSA) is 41.1 Å². The van der Waals surface area contributed by atoms with Crippen LogP contribution < -0.4 is 10.6 Å². The van der Waals surface area contributed by atoms with Crippen LogP contribution >= 0.6 is 0 Å². The Morgan fingerprint density at radius 2 is 1.36 bits per heavy atom. The highest BCUT2D eigenvalue weighted by molar-refractivity contribution is 5.77. The highest BCUT2D eigenvalue weighted by Crippen LogP contribution is 2.03. The minimum atomic E-state index is -0.0602. The molecule has 1 rings (SSSR count). The van der Waals surface area contributed by atoms with E-state index in [1.807, 2.05) is 55.4 Å². The molecule has 3 heteroatoms. The normalized spacial score (nSPS) is 15.3. The summed E-state index contributed by atoms with van der Waals surface area (Å²) in [4.78, 5) is 10.4. The van der Waals surface area contributed by atoms with Gasteiger partial charge in [-0.25, -0.2) is 4.79 Å². The third-order valence-corrected chi connectivity index (χ3v) is 1.14. The molecule has 0 spiro atoms. The standard InChI is InChI=1S/C5H10N2O.3C2H6/c1-5(2)3-6-4(8)7-5;3*1-2/h3H2,1-2H3,(H2,6,7,8);3*1-2H3. The first kappa shape index (κ1) is 18.9. The summed E-state index contributed by atoms with van der Waals surface area (Å²) in [5.74, 6) is 0. The molecule has 0 aromatic rings. The molecule has 0 bridgehead atoms. The Kier molecular flexibility index (Phi) is 16.6. The van der Waals surface area contributed by atoms with Crippen LogP contribution in [0.2, 0.25) is 0 Å². The van der Waals surface area contributed by atoms with E-state index in [1.54, 1.807) is 0 Å². The van der Waals surface area contributed by atoms with E-state index in [0.29, 0.717) is 0 Å². The molecule has 2 N–H and O–H groups in total. The van der Waals surface area contributed by atoms with Crippen molar-refractivity contribution in [3.05, 3.63) is 0 Å². The van der Waals surface area contributed by atoms with Gasteiger partial charge in [0.05, 0.1) is 5.54 Å². The molecule has 1 aliphatic rings. The number of rotatable bonds is 0. The van der Waals surface area contributed by atoms with Gasteiger partial charge in [-0.05, 0) is 13.8 Å². The van der Waals surface area contributed by atoms with Crippen LogP contribution in [0.5, 0.6) is 0 Å². The smallest absolute Gasteiger partial charge is 0.315 e. The van der Waals surface area contributed by atoms with Crippen LogP contribution in [-0.4, -0.2) is 18.1 Å². The number of urea groups is 1. The Bertz CT molecular complexity index is 122. The summed E-state index contributed by atoms with van der Waals surface area (Å²) < 4.78 is 0. The monoisotopic (exact) mass is 204 g/mol. The molecule has 1 heterocycles. The lowest BCUT2D eigenvalue weighted by Crippen LogP contribution is -2.36. The van der Waals surface area contributed by atoms with Gasteiger partial charge >= 0.3 is 6.03 Å². The second kappa shape index (κ2) is 12.3. The van der Waals surface area contributed by atoms with Gasteiger partial charge in [0, 0.05) is 6.54 Å². The minimum Gasteiger partial charge on any atom is -0.336 e. The van der Waals surface area contributed by atoms with E-state index < -0.39 is 0 Å². The summed E-state index contributed by atoms with van der Waals surface area (Å²) in [6, 6.07) is -0.0602. The van der Waals surface area contributed by atoms with Crippen molar-refractivity contribution in [3.8, 4) is 0 Å². The number of carbonyl (C=O) groups excluding carboxylic acids is 1. The van der Waals surface area contributed by atoms with Gasteiger partial charge in [-0.2, -0.15) is 0 Å². The van der Waals surface area contributed by atoms with Gasteiger partial charge < -0.3 is 10.6 Å². The van der Waals surface area contributed by atoms with E-state index in [2.05, 4.69) is 10.6 Å². The molecular formula is C11H28N2O. The summed E-state index contributed by atoms with van der Waals surface area (Å²) in [7, 11) is 0. The van der Waals surface area contributed by atoms with Gasteiger partial charge in [-0.3, -0.25) is 0 Å². The highest BCUT2D eigenvalue weighted by atomic mass is 16.2. The van der Waals surface area contributed by atoms with Crippen LogP contribution in [0.15, 0.2) is 0 Å². The zero-order valence-electron chi connectivity index (χ0n) is 11.1. The van der Waals surface area contributed by atoms with E-state index >= 15 is 0 Å². The molecule has 1 saturated heterocycles. The third kappa shape index (κ3) is 11.3. The quantitative estimate of drug-likeness (QED) is 0.625. The Labute approximate surface area is 89.7 Å². The average molecular weight is 204 g/mol. The van der Waals surface area contributed by atoms with Crippen molar-refractivity contribution in [1.29, 1.82) is 0 Å². The number of hydrogen-bond acceptors (Lipinski definition) is 1. The summed E-state index contributed by atoms with van der Waals surface area (Å²) >= 11 is 0. The van der Waals surface area contributed by atoms with Crippen molar-refractivity contribution in [2.45, 2.75) is 60.9 Å². The summed E-state index contributed by atoms with van der Waals surface area (Å²) in [5.41, 5.74) is -0.0446. The van der Waals surface area contributed by atoms with Gasteiger partial charge in [0.2, 0.25) is 0 Å². The molecule has 0 unspecified atom stereocenters. The number of amides is 2. The molecule has 1 fully saturated rings. The lowest BCUT2D eigenvalue weighted by atomic mass is 10.1. The fraction of sp³-hybridized carbons (Fsp3) is 0.909. The van der Waals surface area contributed by atoms with Crippen molar-refractivity contribution < 1.29 is 4.79 Å². The molecular weight excluding hydrogens is 176 g/mol. The third-order valence-electron chi connectivity index (χ3n) is 1.14. The van der Waals surface area contributed by atoms with Gasteiger partial charge in [0.25, 0.3) is 0 Å². The molecule has 2 amide bonds. The van der Waals surface area contributed by atoms with E-state index in [4.69, 9.17) is 0 Å². The van der Waals surface area contributed by atoms with Crippen molar-refractivity contribution in [1.82, 2.24) is 10.6 Å². The first-order valence-electron chi connectivity index (χ1n) is 5.66. The van der Waals surface area contributed by atoms with E-state index in [-0.39, 0.29) is 11.6 Å². The lowest BCUT2D eigenvalue weighted by molar-refractivity contribution is 0.246. The largest absolute Gasteiger partial charge is 0.336 e. The van der Waals surface area contributed by atoms with Crippen LogP contribution in [0.4, 0.5) is 4.79 Å². The Hall–Kier alpha value is -0.730. The minimum absolute atomic E-state index is 0.0446. The van der Waals surface area contributed by atoms with Crippen LogP contribution in [0.25, 0.3) is 0 Å². The van der Waals surface area contributed by atoms with E-state index in [1.165, 1.54) is 0 Å². The molecule has 0 aromatic heterocycles. The molecule has 0 aromatic carbocycles. The molecule has 0 saturated carbocycles. The van der Waals surface area contributed by atoms with Gasteiger partial charge in [-0.15, -0.1) is 0 Å². The summed E-state index contributed by atoms with van der Waals surface area (Å²) in [6.07, 6.45) is 0. The molecule has 0 atom stereocenters. The number of carbonyl (C=O) groups is 1. The zero-order chi connectivity index (χ0) is 12.2. The van der Waals surface area contributed by atoms with Crippen molar-refractivity contribution >= 4 is 6.03 Å². The van der Waals surface area contributed by atoms with Crippen molar-refractivity contribution in [2.75, 3.05) is 6.54 Å². The first-order valence-corrected chi connectivity index (χ1v) is 5.66. The highest BCUT2D eigenvalue weighted by Gasteiger charge is 2.26. The molecule has 0 radical (unpaired) electrons. The first-order chi connectivity index (χ1) is 6.60. The maximum Gasteiger partial charge on any atom is 0.315 e. The average Bonchev–Trinajstić information content (AvgIpc) is 2.54. The zero-order valence-corrected chi connectivity index (χ0v) is 11.1. The maximum atomic E-state index is 10.4. The van der Waals surface area contributed by atoms with Gasteiger partial charge in [-0.1, -0.05) is 41.5 Å². The fourth-order valence-electron chi connectivity index (χ4n) is 0.697. The predicted molar refractivity (Wildman–Crippen MR) is 64.7 cm³/mol. The molecule has 1 aliphatic heterocycles. The Morgan fingerprint density at radius 3 is 1.43 bits per heavy atom. The number of hydrogen-bond donors (Lipinski definition) is 2. The van der Waals surface area contributed by atoms with Crippen molar-refractivity contribution in [2.24, 2.45) is 0 Å². The Balaban J connectivity index is -0.000000174. The predicted octanol–water partition coefficient (Wildman–Crippen LogP) is 3.16. The fourth-order valence-corrected chi connectivity index (χ4v) is 0.697. The molecule has 14 heavy (non-hydrogen) atoms. The second-order valence-corrected chi connectivity index (χ2v) is 2.69. The lowest BCUT2D eigenvalue weighted by Gasteiger charge is -2.13. The van der Waals surface area contributed by atoms with E-state index in [9.17, 15) is 4.79 Å². The van der Waals surface area contributed by atoms with Gasteiger partial charge in [0.15, 0.2) is 0 Å². The Morgan fingerprint density at radius 1 is 1.00 bits per heavy atom.